The van der Waals surface area contributed by atoms with Crippen molar-refractivity contribution in [2.75, 3.05) is 0 Å². The zero-order valence-corrected chi connectivity index (χ0v) is 29.0. The minimum atomic E-state index is 0. The molecule has 3 heterocycles. The maximum Gasteiger partial charge on any atom is 4.00 e. The Hall–Kier alpha value is -5.44. The molecule has 3 nitrogen and oxygen atoms in total. The molecule has 5 heteroatoms. The maximum absolute atomic E-state index is 3.51. The van der Waals surface area contributed by atoms with Crippen LogP contribution in [0.15, 0.2) is 158 Å². The van der Waals surface area contributed by atoms with Crippen molar-refractivity contribution in [3.8, 4) is 17.1 Å². The summed E-state index contributed by atoms with van der Waals surface area (Å²) >= 11 is 0. The number of aromatic nitrogens is 3. The number of rotatable bonds is 3. The second-order valence-electron chi connectivity index (χ2n) is 12.2. The van der Waals surface area contributed by atoms with Gasteiger partial charge in [-0.1, -0.05) is 113 Å². The van der Waals surface area contributed by atoms with Crippen LogP contribution in [-0.4, -0.2) is 15.8 Å². The van der Waals surface area contributed by atoms with Crippen LogP contribution in [-0.2, 0) is 21.1 Å². The van der Waals surface area contributed by atoms with Crippen LogP contribution in [0, 0.1) is 31.5 Å². The SMILES string of the molecule is Cc1ccc(-[n+]2[c-]n(-c3[c-]cccc3)c3ccccc32)cc1.[Pt+4].[c-]1cccc2c1-n1c3[c-]cccc3c3cccc(c31)B2c1ccccc1. The number of imidazole rings is 1. The largest absolute Gasteiger partial charge is 4.00 e. The molecule has 2 aromatic heterocycles. The van der Waals surface area contributed by atoms with E-state index in [9.17, 15) is 0 Å². The quantitative estimate of drug-likeness (QED) is 0.104. The molecule has 0 atom stereocenters. The van der Waals surface area contributed by atoms with E-state index in [4.69, 9.17) is 0 Å². The van der Waals surface area contributed by atoms with Crippen LogP contribution < -0.4 is 21.0 Å². The monoisotopic (exact) mass is 805 g/mol. The normalized spacial score (nSPS) is 11.6. The van der Waals surface area contributed by atoms with Crippen molar-refractivity contribution < 1.29 is 25.6 Å². The summed E-state index contributed by atoms with van der Waals surface area (Å²) in [4.78, 5) is 0. The first-order chi connectivity index (χ1) is 23.8. The Morgan fingerprint density at radius 3 is 2.14 bits per heavy atom. The van der Waals surface area contributed by atoms with Crippen LogP contribution in [0.5, 0.6) is 0 Å². The molecule has 0 bridgehead atoms. The Morgan fingerprint density at radius 2 is 1.31 bits per heavy atom. The minimum Gasteiger partial charge on any atom is -0.359 e. The van der Waals surface area contributed by atoms with Crippen molar-refractivity contribution in [3.05, 3.63) is 188 Å². The Labute approximate surface area is 301 Å². The number of benzene rings is 7. The third-order valence-electron chi connectivity index (χ3n) is 9.27. The molecule has 1 aliphatic heterocycles. The molecule has 1 aliphatic rings. The molecule has 0 spiro atoms. The molecule has 0 amide bonds. The van der Waals surface area contributed by atoms with Crippen molar-refractivity contribution in [2.24, 2.45) is 0 Å². The summed E-state index contributed by atoms with van der Waals surface area (Å²) in [6.07, 6.45) is 3.44. The van der Waals surface area contributed by atoms with Gasteiger partial charge in [-0.3, -0.25) is 4.57 Å². The van der Waals surface area contributed by atoms with Crippen LogP contribution in [0.3, 0.4) is 0 Å². The van der Waals surface area contributed by atoms with Crippen molar-refractivity contribution in [1.29, 1.82) is 0 Å². The van der Waals surface area contributed by atoms with Gasteiger partial charge in [-0.2, -0.15) is 78.9 Å². The van der Waals surface area contributed by atoms with Crippen molar-refractivity contribution in [3.63, 3.8) is 0 Å². The zero-order valence-electron chi connectivity index (χ0n) is 26.7. The Bertz CT molecular complexity index is 2570. The van der Waals surface area contributed by atoms with Gasteiger partial charge < -0.3 is 9.13 Å². The number of nitrogens with zero attached hydrogens (tertiary/aromatic N) is 3. The number of hydrogen-bond acceptors (Lipinski definition) is 0. The summed E-state index contributed by atoms with van der Waals surface area (Å²) in [5.41, 5.74) is 13.1. The van der Waals surface area contributed by atoms with E-state index < -0.39 is 0 Å². The molecule has 9 aromatic rings. The fraction of sp³-hybridized carbons (Fsp3) is 0.0227. The molecule has 232 valence electrons. The summed E-state index contributed by atoms with van der Waals surface area (Å²) in [5.74, 6) is 0. The molecule has 0 fully saturated rings. The molecule has 0 unspecified atom stereocenters. The maximum atomic E-state index is 3.51. The molecule has 0 saturated heterocycles. The molecule has 0 radical (unpaired) electrons. The third-order valence-corrected chi connectivity index (χ3v) is 9.27. The van der Waals surface area contributed by atoms with Gasteiger partial charge in [0.25, 0.3) is 6.33 Å². The van der Waals surface area contributed by atoms with Crippen molar-refractivity contribution >= 4 is 55.9 Å². The van der Waals surface area contributed by atoms with Crippen molar-refractivity contribution in [2.45, 2.75) is 6.92 Å². The van der Waals surface area contributed by atoms with E-state index in [1.807, 2.05) is 36.4 Å². The molecule has 49 heavy (non-hydrogen) atoms. The summed E-state index contributed by atoms with van der Waals surface area (Å²) < 4.78 is 6.49. The van der Waals surface area contributed by atoms with Gasteiger partial charge in [-0.05, 0) is 30.1 Å². The smallest absolute Gasteiger partial charge is 0.359 e. The predicted molar refractivity (Wildman–Crippen MR) is 197 cm³/mol. The van der Waals surface area contributed by atoms with Crippen LogP contribution in [0.25, 0.3) is 49.9 Å². The molecule has 10 rings (SSSR count). The standard InChI is InChI=1S/C24H14BN.C20H15N2.Pt/c1-2-9-17(10-3-1)25-20-13-5-7-16-23(20)26-22-15-6-4-11-18(22)19-12-8-14-21(25)24(19)26;1-16-11-13-18(14-12-16)22-15-21(17-7-3-2-4-8-17)19-9-5-6-10-20(19)22;/h1-14H;2-7,9-14H,1H3;/q-2;-1;+4. The van der Waals surface area contributed by atoms with Gasteiger partial charge in [-0.15, -0.1) is 10.8 Å². The van der Waals surface area contributed by atoms with Crippen molar-refractivity contribution in [1.82, 2.24) is 9.13 Å². The topological polar surface area (TPSA) is 13.7 Å². The first-order valence-corrected chi connectivity index (χ1v) is 16.2. The molecule has 0 N–H and O–H groups in total. The summed E-state index contributed by atoms with van der Waals surface area (Å²) in [6.45, 7) is 2.32. The van der Waals surface area contributed by atoms with E-state index in [2.05, 4.69) is 166 Å². The van der Waals surface area contributed by atoms with Crippen LogP contribution in [0.2, 0.25) is 0 Å². The van der Waals surface area contributed by atoms with E-state index in [0.717, 1.165) is 33.6 Å². The second-order valence-corrected chi connectivity index (χ2v) is 12.2. The number of aryl methyl sites for hydroxylation is 1. The zero-order chi connectivity index (χ0) is 32.0. The summed E-state index contributed by atoms with van der Waals surface area (Å²) in [5, 5.41) is 2.54. The van der Waals surface area contributed by atoms with E-state index in [-0.39, 0.29) is 27.8 Å². The van der Waals surface area contributed by atoms with Crippen LogP contribution in [0.4, 0.5) is 0 Å². The first kappa shape index (κ1) is 30.9. The average Bonchev–Trinajstić information content (AvgIpc) is 3.71. The van der Waals surface area contributed by atoms with Crippen LogP contribution >= 0.6 is 0 Å². The van der Waals surface area contributed by atoms with Crippen LogP contribution in [0.1, 0.15) is 5.56 Å². The van der Waals surface area contributed by atoms with Gasteiger partial charge >= 0.3 is 21.1 Å². The minimum absolute atomic E-state index is 0. The van der Waals surface area contributed by atoms with Gasteiger partial charge in [0.2, 0.25) is 0 Å². The van der Waals surface area contributed by atoms with Gasteiger partial charge in [-0.25, -0.2) is 0 Å². The fourth-order valence-electron chi connectivity index (χ4n) is 7.11. The summed E-state index contributed by atoms with van der Waals surface area (Å²) in [6, 6.07) is 65.1. The Morgan fingerprint density at radius 1 is 0.592 bits per heavy atom. The molecule has 7 aromatic carbocycles. The molecular weight excluding hydrogens is 776 g/mol. The number of fused-ring (bicyclic) bond motifs is 6. The molecule has 0 saturated carbocycles. The fourth-order valence-corrected chi connectivity index (χ4v) is 7.11. The number of hydrogen-bond donors (Lipinski definition) is 0. The van der Waals surface area contributed by atoms with E-state index in [1.165, 1.54) is 38.2 Å². The average molecular weight is 806 g/mol. The summed E-state index contributed by atoms with van der Waals surface area (Å²) in [7, 11) is 0. The second kappa shape index (κ2) is 12.9. The third kappa shape index (κ3) is 5.24. The molecule has 0 aliphatic carbocycles. The molecular formula is C44H29BN3Pt+. The Kier molecular flexibility index (Phi) is 8.11. The van der Waals surface area contributed by atoms with E-state index in [0.29, 0.717) is 0 Å². The van der Waals surface area contributed by atoms with E-state index >= 15 is 0 Å². The Balaban J connectivity index is 0.000000141. The van der Waals surface area contributed by atoms with Gasteiger partial charge in [0, 0.05) is 5.52 Å². The van der Waals surface area contributed by atoms with E-state index in [1.54, 1.807) is 0 Å². The van der Waals surface area contributed by atoms with Gasteiger partial charge in [0.05, 0.1) is 16.7 Å². The van der Waals surface area contributed by atoms with Gasteiger partial charge in [0.15, 0.2) is 6.71 Å². The predicted octanol–water partition coefficient (Wildman–Crippen LogP) is 7.03. The van der Waals surface area contributed by atoms with Gasteiger partial charge in [0.1, 0.15) is 0 Å². The number of para-hydroxylation sites is 6. The first-order valence-electron chi connectivity index (χ1n) is 16.2.